The van der Waals surface area contributed by atoms with E-state index >= 15 is 0 Å². The average molecular weight is 284 g/mol. The summed E-state index contributed by atoms with van der Waals surface area (Å²) in [5.41, 5.74) is 7.20. The normalized spacial score (nSPS) is 20.6. The van der Waals surface area contributed by atoms with E-state index in [1.165, 1.54) is 5.56 Å². The SMILES string of the molecule is NCC1(c2c(Br)ccc3c2OCCO3)CC1. The summed E-state index contributed by atoms with van der Waals surface area (Å²) in [5.74, 6) is 1.74. The Balaban J connectivity index is 2.15. The Kier molecular flexibility index (Phi) is 2.37. The van der Waals surface area contributed by atoms with Gasteiger partial charge in [-0.1, -0.05) is 15.9 Å². The maximum atomic E-state index is 5.89. The van der Waals surface area contributed by atoms with Crippen LogP contribution in [0.1, 0.15) is 18.4 Å². The van der Waals surface area contributed by atoms with Crippen molar-refractivity contribution >= 4 is 15.9 Å². The van der Waals surface area contributed by atoms with Gasteiger partial charge in [0.15, 0.2) is 11.5 Å². The lowest BCUT2D eigenvalue weighted by Crippen LogP contribution is -2.24. The third-order valence-corrected chi connectivity index (χ3v) is 4.09. The summed E-state index contributed by atoms with van der Waals surface area (Å²) in [6.07, 6.45) is 2.28. The van der Waals surface area contributed by atoms with Crippen LogP contribution in [0.15, 0.2) is 16.6 Å². The predicted molar refractivity (Wildman–Crippen MR) is 65.1 cm³/mol. The summed E-state index contributed by atoms with van der Waals surface area (Å²) in [7, 11) is 0. The van der Waals surface area contributed by atoms with Gasteiger partial charge in [0.05, 0.1) is 0 Å². The number of nitrogens with two attached hydrogens (primary N) is 1. The van der Waals surface area contributed by atoms with E-state index in [-0.39, 0.29) is 5.41 Å². The smallest absolute Gasteiger partial charge is 0.166 e. The van der Waals surface area contributed by atoms with Crippen molar-refractivity contribution in [2.45, 2.75) is 18.3 Å². The molecule has 0 bridgehead atoms. The van der Waals surface area contributed by atoms with E-state index in [1.54, 1.807) is 0 Å². The van der Waals surface area contributed by atoms with Gasteiger partial charge in [0, 0.05) is 22.0 Å². The van der Waals surface area contributed by atoms with Crippen LogP contribution in [0.5, 0.6) is 11.5 Å². The number of ether oxygens (including phenoxy) is 2. The van der Waals surface area contributed by atoms with Crippen molar-refractivity contribution in [1.82, 2.24) is 0 Å². The zero-order valence-corrected chi connectivity index (χ0v) is 10.5. The lowest BCUT2D eigenvalue weighted by atomic mass is 9.94. The summed E-state index contributed by atoms with van der Waals surface area (Å²) in [5, 5.41) is 0. The molecule has 0 amide bonds. The topological polar surface area (TPSA) is 44.5 Å². The first-order valence-corrected chi connectivity index (χ1v) is 6.35. The van der Waals surface area contributed by atoms with Gasteiger partial charge < -0.3 is 15.2 Å². The van der Waals surface area contributed by atoms with Crippen molar-refractivity contribution in [2.75, 3.05) is 19.8 Å². The van der Waals surface area contributed by atoms with Gasteiger partial charge in [0.2, 0.25) is 0 Å². The van der Waals surface area contributed by atoms with Crippen LogP contribution < -0.4 is 15.2 Å². The van der Waals surface area contributed by atoms with E-state index in [2.05, 4.69) is 15.9 Å². The van der Waals surface area contributed by atoms with E-state index in [9.17, 15) is 0 Å². The summed E-state index contributed by atoms with van der Waals surface area (Å²) in [6.45, 7) is 1.92. The molecule has 0 saturated heterocycles. The highest BCUT2D eigenvalue weighted by Gasteiger charge is 2.47. The van der Waals surface area contributed by atoms with Crippen molar-refractivity contribution in [3.05, 3.63) is 22.2 Å². The fourth-order valence-corrected chi connectivity index (χ4v) is 3.03. The molecule has 86 valence electrons. The highest BCUT2D eigenvalue weighted by molar-refractivity contribution is 9.10. The van der Waals surface area contributed by atoms with Gasteiger partial charge in [-0.15, -0.1) is 0 Å². The molecule has 0 spiro atoms. The lowest BCUT2D eigenvalue weighted by molar-refractivity contribution is 0.168. The molecule has 16 heavy (non-hydrogen) atoms. The van der Waals surface area contributed by atoms with Gasteiger partial charge >= 0.3 is 0 Å². The molecule has 1 aromatic rings. The largest absolute Gasteiger partial charge is 0.486 e. The molecule has 2 aliphatic rings. The Bertz CT molecular complexity index is 429. The highest BCUT2D eigenvalue weighted by atomic mass is 79.9. The predicted octanol–water partition coefficient (Wildman–Crippen LogP) is 2.21. The second-order valence-electron chi connectivity index (χ2n) is 4.43. The van der Waals surface area contributed by atoms with Crippen molar-refractivity contribution in [1.29, 1.82) is 0 Å². The van der Waals surface area contributed by atoms with Gasteiger partial charge in [-0.3, -0.25) is 0 Å². The minimum absolute atomic E-state index is 0.116. The summed E-state index contributed by atoms with van der Waals surface area (Å²) in [4.78, 5) is 0. The number of benzene rings is 1. The number of fused-ring (bicyclic) bond motifs is 1. The zero-order valence-electron chi connectivity index (χ0n) is 8.96. The summed E-state index contributed by atoms with van der Waals surface area (Å²) < 4.78 is 12.4. The molecular weight excluding hydrogens is 270 g/mol. The third-order valence-electron chi connectivity index (χ3n) is 3.43. The third kappa shape index (κ3) is 1.44. The molecular formula is C12H14BrNO2. The minimum Gasteiger partial charge on any atom is -0.486 e. The molecule has 1 fully saturated rings. The Morgan fingerprint density at radius 2 is 2.00 bits per heavy atom. The summed E-state index contributed by atoms with van der Waals surface area (Å²) in [6, 6.07) is 3.98. The number of rotatable bonds is 2. The van der Waals surface area contributed by atoms with E-state index in [4.69, 9.17) is 15.2 Å². The average Bonchev–Trinajstić information content (AvgIpc) is 3.10. The monoisotopic (exact) mass is 283 g/mol. The van der Waals surface area contributed by atoms with Crippen LogP contribution in [-0.2, 0) is 5.41 Å². The molecule has 2 N–H and O–H groups in total. The Hall–Kier alpha value is -0.740. The second kappa shape index (κ2) is 3.64. The van der Waals surface area contributed by atoms with Gasteiger partial charge in [0.25, 0.3) is 0 Å². The first kappa shape index (κ1) is 10.4. The minimum atomic E-state index is 0.116. The molecule has 3 rings (SSSR count). The second-order valence-corrected chi connectivity index (χ2v) is 5.29. The Morgan fingerprint density at radius 3 is 2.69 bits per heavy atom. The molecule has 0 radical (unpaired) electrons. The van der Waals surface area contributed by atoms with Crippen molar-refractivity contribution in [3.8, 4) is 11.5 Å². The molecule has 0 atom stereocenters. The summed E-state index contributed by atoms with van der Waals surface area (Å²) >= 11 is 3.60. The first-order valence-electron chi connectivity index (χ1n) is 5.55. The fraction of sp³-hybridized carbons (Fsp3) is 0.500. The van der Waals surface area contributed by atoms with E-state index in [0.29, 0.717) is 19.8 Å². The van der Waals surface area contributed by atoms with E-state index in [1.807, 2.05) is 12.1 Å². The molecule has 1 heterocycles. The highest BCUT2D eigenvalue weighted by Crippen LogP contribution is 2.55. The number of hydrogen-bond acceptors (Lipinski definition) is 3. The first-order chi connectivity index (χ1) is 7.77. The van der Waals surface area contributed by atoms with E-state index < -0.39 is 0 Å². The van der Waals surface area contributed by atoms with E-state index in [0.717, 1.165) is 28.8 Å². The standard InChI is InChI=1S/C12H14BrNO2/c13-8-1-2-9-11(16-6-5-15-9)10(8)12(7-14)3-4-12/h1-2H,3-7,14H2. The zero-order chi connectivity index (χ0) is 11.2. The van der Waals surface area contributed by atoms with Crippen LogP contribution in [0.2, 0.25) is 0 Å². The van der Waals surface area contributed by atoms with Crippen LogP contribution >= 0.6 is 15.9 Å². The number of hydrogen-bond donors (Lipinski definition) is 1. The van der Waals surface area contributed by atoms with Crippen LogP contribution in [0.4, 0.5) is 0 Å². The van der Waals surface area contributed by atoms with Gasteiger partial charge in [0.1, 0.15) is 13.2 Å². The molecule has 1 aromatic carbocycles. The molecule has 3 nitrogen and oxygen atoms in total. The molecule has 0 unspecified atom stereocenters. The maximum absolute atomic E-state index is 5.89. The lowest BCUT2D eigenvalue weighted by Gasteiger charge is -2.25. The van der Waals surface area contributed by atoms with Gasteiger partial charge in [-0.2, -0.15) is 0 Å². The van der Waals surface area contributed by atoms with Crippen molar-refractivity contribution < 1.29 is 9.47 Å². The maximum Gasteiger partial charge on any atom is 0.166 e. The molecule has 1 aliphatic heterocycles. The van der Waals surface area contributed by atoms with Crippen LogP contribution in [0, 0.1) is 0 Å². The van der Waals surface area contributed by atoms with Gasteiger partial charge in [-0.05, 0) is 25.0 Å². The molecule has 4 heteroatoms. The quantitative estimate of drug-likeness (QED) is 0.905. The van der Waals surface area contributed by atoms with Crippen LogP contribution in [0.3, 0.4) is 0 Å². The Morgan fingerprint density at radius 1 is 1.25 bits per heavy atom. The van der Waals surface area contributed by atoms with Crippen molar-refractivity contribution in [3.63, 3.8) is 0 Å². The molecule has 0 aromatic heterocycles. The van der Waals surface area contributed by atoms with Gasteiger partial charge in [-0.25, -0.2) is 0 Å². The Labute approximate surface area is 103 Å². The molecule has 1 aliphatic carbocycles. The fourth-order valence-electron chi connectivity index (χ4n) is 2.29. The van der Waals surface area contributed by atoms with Crippen LogP contribution in [-0.4, -0.2) is 19.8 Å². The van der Waals surface area contributed by atoms with Crippen LogP contribution in [0.25, 0.3) is 0 Å². The molecule has 1 saturated carbocycles. The van der Waals surface area contributed by atoms with Crippen molar-refractivity contribution in [2.24, 2.45) is 5.73 Å². The number of halogens is 1.